The number of hydrogen-bond donors (Lipinski definition) is 2. The van der Waals surface area contributed by atoms with Gasteiger partial charge in [-0.3, -0.25) is 14.4 Å². The van der Waals surface area contributed by atoms with Crippen LogP contribution < -0.4 is 11.1 Å². The molecule has 1 unspecified atom stereocenters. The lowest BCUT2D eigenvalue weighted by atomic mass is 10.0. The maximum Gasteiger partial charge on any atom is 0.287 e. The van der Waals surface area contributed by atoms with E-state index in [0.29, 0.717) is 11.5 Å². The van der Waals surface area contributed by atoms with Gasteiger partial charge < -0.3 is 15.6 Å². The fraction of sp³-hybridized carbons (Fsp3) is 0.158. The van der Waals surface area contributed by atoms with Crippen LogP contribution in [0.1, 0.15) is 21.7 Å². The molecule has 0 bridgehead atoms. The van der Waals surface area contributed by atoms with Gasteiger partial charge in [0.1, 0.15) is 23.1 Å². The molecule has 3 N–H and O–H groups in total. The Bertz CT molecular complexity index is 964. The van der Waals surface area contributed by atoms with Crippen molar-refractivity contribution in [3.05, 3.63) is 64.0 Å². The Balaban J connectivity index is 1.88. The van der Waals surface area contributed by atoms with Gasteiger partial charge in [0.15, 0.2) is 0 Å². The van der Waals surface area contributed by atoms with E-state index in [1.54, 1.807) is 19.1 Å². The summed E-state index contributed by atoms with van der Waals surface area (Å²) in [6.45, 7) is 1.61. The summed E-state index contributed by atoms with van der Waals surface area (Å²) in [6, 6.07) is 9.78. The van der Waals surface area contributed by atoms with Crippen LogP contribution in [0.5, 0.6) is 0 Å². The van der Waals surface area contributed by atoms with Gasteiger partial charge in [-0.05, 0) is 23.9 Å². The third-order valence-corrected chi connectivity index (χ3v) is 4.71. The SMILES string of the molecule is Cc1onc(-c2ccsc2)c1C(=O)NC(Cc1ccccc1)C(=O)C(N)=O. The Kier molecular flexibility index (Phi) is 5.46. The van der Waals surface area contributed by atoms with Gasteiger partial charge in [-0.1, -0.05) is 35.5 Å². The summed E-state index contributed by atoms with van der Waals surface area (Å²) in [7, 11) is 0. The summed E-state index contributed by atoms with van der Waals surface area (Å²) in [5.41, 5.74) is 7.29. The van der Waals surface area contributed by atoms with Crippen molar-refractivity contribution in [1.29, 1.82) is 0 Å². The predicted octanol–water partition coefficient (Wildman–Crippen LogP) is 2.11. The molecule has 138 valence electrons. The highest BCUT2D eigenvalue weighted by atomic mass is 32.1. The Labute approximate surface area is 159 Å². The summed E-state index contributed by atoms with van der Waals surface area (Å²) in [6.07, 6.45) is 0.145. The minimum Gasteiger partial charge on any atom is -0.363 e. The van der Waals surface area contributed by atoms with E-state index in [-0.39, 0.29) is 12.0 Å². The molecule has 2 heterocycles. The molecule has 3 aromatic rings. The van der Waals surface area contributed by atoms with Crippen molar-refractivity contribution in [2.24, 2.45) is 5.73 Å². The number of carbonyl (C=O) groups excluding carboxylic acids is 3. The Hall–Kier alpha value is -3.26. The largest absolute Gasteiger partial charge is 0.363 e. The van der Waals surface area contributed by atoms with Gasteiger partial charge in [0.2, 0.25) is 5.78 Å². The molecule has 8 heteroatoms. The van der Waals surface area contributed by atoms with Gasteiger partial charge in [0.05, 0.1) is 0 Å². The number of nitrogens with two attached hydrogens (primary N) is 1. The number of Topliss-reactive ketones (excluding diaryl/α,β-unsaturated/α-hetero) is 1. The average Bonchev–Trinajstić information content (AvgIpc) is 3.30. The lowest BCUT2D eigenvalue weighted by Gasteiger charge is -2.16. The van der Waals surface area contributed by atoms with E-state index in [1.807, 2.05) is 35.0 Å². The number of hydrogen-bond acceptors (Lipinski definition) is 6. The molecule has 2 aromatic heterocycles. The summed E-state index contributed by atoms with van der Waals surface area (Å²) in [5.74, 6) is -2.20. The molecular formula is C19H17N3O4S. The van der Waals surface area contributed by atoms with E-state index in [1.165, 1.54) is 11.3 Å². The normalized spacial score (nSPS) is 11.7. The van der Waals surface area contributed by atoms with E-state index >= 15 is 0 Å². The molecule has 0 aliphatic rings. The van der Waals surface area contributed by atoms with Crippen molar-refractivity contribution in [2.45, 2.75) is 19.4 Å². The zero-order valence-electron chi connectivity index (χ0n) is 14.5. The van der Waals surface area contributed by atoms with Gasteiger partial charge in [-0.25, -0.2) is 0 Å². The number of amides is 2. The zero-order valence-corrected chi connectivity index (χ0v) is 15.3. The first-order valence-corrected chi connectivity index (χ1v) is 9.09. The molecule has 27 heavy (non-hydrogen) atoms. The van der Waals surface area contributed by atoms with E-state index < -0.39 is 23.6 Å². The quantitative estimate of drug-likeness (QED) is 0.606. The van der Waals surface area contributed by atoms with Crippen molar-refractivity contribution in [2.75, 3.05) is 0 Å². The van der Waals surface area contributed by atoms with Crippen LogP contribution in [0.4, 0.5) is 0 Å². The first kappa shape index (κ1) is 18.5. The van der Waals surface area contributed by atoms with Crippen LogP contribution in [0, 0.1) is 6.92 Å². The van der Waals surface area contributed by atoms with Crippen LogP contribution in [0.25, 0.3) is 11.3 Å². The van der Waals surface area contributed by atoms with Crippen LogP contribution in [-0.4, -0.2) is 28.8 Å². The number of benzene rings is 1. The van der Waals surface area contributed by atoms with Crippen molar-refractivity contribution in [1.82, 2.24) is 10.5 Å². The van der Waals surface area contributed by atoms with Crippen LogP contribution in [0.2, 0.25) is 0 Å². The summed E-state index contributed by atoms with van der Waals surface area (Å²) in [5, 5.41) is 10.2. The summed E-state index contributed by atoms with van der Waals surface area (Å²) < 4.78 is 5.17. The van der Waals surface area contributed by atoms with E-state index in [4.69, 9.17) is 10.3 Å². The molecule has 0 spiro atoms. The molecular weight excluding hydrogens is 366 g/mol. The van der Waals surface area contributed by atoms with Crippen molar-refractivity contribution in [3.8, 4) is 11.3 Å². The first-order chi connectivity index (χ1) is 13.0. The number of ketones is 1. The predicted molar refractivity (Wildman–Crippen MR) is 100 cm³/mol. The number of nitrogens with one attached hydrogen (secondary N) is 1. The van der Waals surface area contributed by atoms with Crippen LogP contribution >= 0.6 is 11.3 Å². The number of aryl methyl sites for hydroxylation is 1. The van der Waals surface area contributed by atoms with Crippen LogP contribution in [-0.2, 0) is 16.0 Å². The number of carbonyl (C=O) groups is 3. The first-order valence-electron chi connectivity index (χ1n) is 8.14. The van der Waals surface area contributed by atoms with Crippen molar-refractivity contribution < 1.29 is 18.9 Å². The molecule has 2 amide bonds. The molecule has 1 aromatic carbocycles. The second-order valence-corrected chi connectivity index (χ2v) is 6.70. The fourth-order valence-corrected chi connectivity index (χ4v) is 3.34. The van der Waals surface area contributed by atoms with Gasteiger partial charge in [-0.2, -0.15) is 11.3 Å². The monoisotopic (exact) mass is 383 g/mol. The van der Waals surface area contributed by atoms with E-state index in [9.17, 15) is 14.4 Å². The van der Waals surface area contributed by atoms with Crippen LogP contribution in [0.15, 0.2) is 51.7 Å². The lowest BCUT2D eigenvalue weighted by molar-refractivity contribution is -0.137. The third-order valence-electron chi connectivity index (χ3n) is 4.03. The lowest BCUT2D eigenvalue weighted by Crippen LogP contribution is -2.47. The zero-order chi connectivity index (χ0) is 19.4. The third kappa shape index (κ3) is 4.12. The summed E-state index contributed by atoms with van der Waals surface area (Å²) in [4.78, 5) is 36.5. The molecule has 0 aliphatic carbocycles. The highest BCUT2D eigenvalue weighted by Gasteiger charge is 2.29. The Morgan fingerprint density at radius 1 is 1.22 bits per heavy atom. The second kappa shape index (κ2) is 7.96. The van der Waals surface area contributed by atoms with Crippen molar-refractivity contribution in [3.63, 3.8) is 0 Å². The molecule has 0 saturated heterocycles. The molecule has 0 fully saturated rings. The number of rotatable bonds is 7. The molecule has 7 nitrogen and oxygen atoms in total. The smallest absolute Gasteiger partial charge is 0.287 e. The van der Waals surface area contributed by atoms with Gasteiger partial charge in [0, 0.05) is 17.4 Å². The highest BCUT2D eigenvalue weighted by molar-refractivity contribution is 7.08. The van der Waals surface area contributed by atoms with Gasteiger partial charge >= 0.3 is 0 Å². The Morgan fingerprint density at radius 2 is 1.96 bits per heavy atom. The molecule has 0 aliphatic heterocycles. The molecule has 3 rings (SSSR count). The van der Waals surface area contributed by atoms with Gasteiger partial charge in [-0.15, -0.1) is 0 Å². The maximum absolute atomic E-state index is 12.9. The standard InChI is InChI=1S/C19H17N3O4S/c1-11-15(16(22-26-11)13-7-8-27-10-13)19(25)21-14(17(23)18(20)24)9-12-5-3-2-4-6-12/h2-8,10,14H,9H2,1H3,(H2,20,24)(H,21,25). The molecule has 0 radical (unpaired) electrons. The summed E-state index contributed by atoms with van der Waals surface area (Å²) >= 11 is 1.46. The average molecular weight is 383 g/mol. The minimum absolute atomic E-state index is 0.145. The second-order valence-electron chi connectivity index (χ2n) is 5.92. The van der Waals surface area contributed by atoms with Gasteiger partial charge in [0.25, 0.3) is 11.8 Å². The fourth-order valence-electron chi connectivity index (χ4n) is 2.70. The van der Waals surface area contributed by atoms with Crippen LogP contribution in [0.3, 0.4) is 0 Å². The number of nitrogens with zero attached hydrogens (tertiary/aromatic N) is 1. The maximum atomic E-state index is 12.9. The minimum atomic E-state index is -1.10. The van der Waals surface area contributed by atoms with E-state index in [2.05, 4.69) is 10.5 Å². The number of aromatic nitrogens is 1. The highest BCUT2D eigenvalue weighted by Crippen LogP contribution is 2.27. The van der Waals surface area contributed by atoms with Crippen molar-refractivity contribution >= 4 is 28.9 Å². The topological polar surface area (TPSA) is 115 Å². The molecule has 0 saturated carbocycles. The number of thiophene rings is 1. The number of primary amides is 1. The molecule has 1 atom stereocenters. The Morgan fingerprint density at radius 3 is 2.59 bits per heavy atom. The van der Waals surface area contributed by atoms with E-state index in [0.717, 1.165) is 11.1 Å².